The highest BCUT2D eigenvalue weighted by atomic mass is 16.4. The molecule has 0 radical (unpaired) electrons. The van der Waals surface area contributed by atoms with Gasteiger partial charge in [0.05, 0.1) is 16.9 Å². The normalized spacial score (nSPS) is 10.5. The molecule has 0 aromatic carbocycles. The summed E-state index contributed by atoms with van der Waals surface area (Å²) >= 11 is 0. The number of hydrogen-bond donors (Lipinski definition) is 2. The first kappa shape index (κ1) is 11.1. The maximum atomic E-state index is 10.8. The minimum absolute atomic E-state index is 0.0628. The molecule has 0 amide bonds. The summed E-state index contributed by atoms with van der Waals surface area (Å²) in [4.78, 5) is 14.8. The van der Waals surface area contributed by atoms with Crippen LogP contribution < -0.4 is 5.73 Å². The summed E-state index contributed by atoms with van der Waals surface area (Å²) in [7, 11) is 0. The Kier molecular flexibility index (Phi) is 2.55. The van der Waals surface area contributed by atoms with Gasteiger partial charge in [-0.05, 0) is 26.0 Å². The first-order chi connectivity index (χ1) is 7.99. The molecule has 0 bridgehead atoms. The van der Waals surface area contributed by atoms with E-state index >= 15 is 0 Å². The van der Waals surface area contributed by atoms with Gasteiger partial charge >= 0.3 is 5.97 Å². The summed E-state index contributed by atoms with van der Waals surface area (Å²) in [5.41, 5.74) is 7.88. The summed E-state index contributed by atoms with van der Waals surface area (Å²) in [6.45, 7) is 3.75. The number of aryl methyl sites for hydroxylation is 2. The van der Waals surface area contributed by atoms with Crippen LogP contribution in [-0.2, 0) is 0 Å². The van der Waals surface area contributed by atoms with Crippen LogP contribution in [0.2, 0.25) is 0 Å². The zero-order chi connectivity index (χ0) is 12.6. The molecule has 2 aromatic rings. The topological polar surface area (TPSA) is 94.0 Å². The molecule has 0 spiro atoms. The predicted molar refractivity (Wildman–Crippen MR) is 62.2 cm³/mol. The lowest BCUT2D eigenvalue weighted by atomic mass is 10.2. The quantitative estimate of drug-likeness (QED) is 0.810. The molecule has 0 unspecified atom stereocenters. The molecule has 88 valence electrons. The number of carboxylic acid groups (broad SMARTS) is 1. The molecule has 6 heteroatoms. The number of carbonyl (C=O) groups is 1. The molecule has 2 heterocycles. The summed E-state index contributed by atoms with van der Waals surface area (Å²) in [6.07, 6.45) is 1.27. The van der Waals surface area contributed by atoms with Crippen molar-refractivity contribution in [2.75, 3.05) is 5.73 Å². The van der Waals surface area contributed by atoms with Gasteiger partial charge in [-0.15, -0.1) is 0 Å². The van der Waals surface area contributed by atoms with Gasteiger partial charge in [0.1, 0.15) is 0 Å². The average Bonchev–Trinajstić information content (AvgIpc) is 2.57. The molecule has 0 aliphatic rings. The van der Waals surface area contributed by atoms with Gasteiger partial charge in [-0.2, -0.15) is 5.10 Å². The van der Waals surface area contributed by atoms with E-state index < -0.39 is 5.97 Å². The number of rotatable bonds is 2. The van der Waals surface area contributed by atoms with E-state index in [1.54, 1.807) is 4.68 Å². The van der Waals surface area contributed by atoms with E-state index in [2.05, 4.69) is 10.1 Å². The number of nitrogen functional groups attached to an aromatic ring is 1. The van der Waals surface area contributed by atoms with Crippen LogP contribution in [-0.4, -0.2) is 25.8 Å². The molecule has 0 saturated heterocycles. The third-order valence-corrected chi connectivity index (χ3v) is 2.35. The summed E-state index contributed by atoms with van der Waals surface area (Å²) in [6, 6.07) is 3.27. The van der Waals surface area contributed by atoms with Crippen LogP contribution >= 0.6 is 0 Å². The van der Waals surface area contributed by atoms with Crippen molar-refractivity contribution in [2.24, 2.45) is 0 Å². The van der Waals surface area contributed by atoms with Crippen molar-refractivity contribution in [2.45, 2.75) is 13.8 Å². The second-order valence-electron chi connectivity index (χ2n) is 3.78. The van der Waals surface area contributed by atoms with Crippen molar-refractivity contribution >= 4 is 11.7 Å². The van der Waals surface area contributed by atoms with Crippen molar-refractivity contribution in [3.8, 4) is 5.82 Å². The van der Waals surface area contributed by atoms with Crippen LogP contribution in [0.5, 0.6) is 0 Å². The molecule has 2 rings (SSSR count). The Bertz CT molecular complexity index is 589. The molecule has 2 aromatic heterocycles. The average molecular weight is 232 g/mol. The Morgan fingerprint density at radius 1 is 1.41 bits per heavy atom. The van der Waals surface area contributed by atoms with Crippen LogP contribution in [0, 0.1) is 13.8 Å². The number of anilines is 1. The van der Waals surface area contributed by atoms with Crippen LogP contribution in [0.3, 0.4) is 0 Å². The predicted octanol–water partition coefficient (Wildman–Crippen LogP) is 1.16. The fraction of sp³-hybridized carbons (Fsp3) is 0.182. The van der Waals surface area contributed by atoms with Crippen molar-refractivity contribution in [3.63, 3.8) is 0 Å². The highest BCUT2D eigenvalue weighted by Gasteiger charge is 2.11. The van der Waals surface area contributed by atoms with Crippen LogP contribution in [0.4, 0.5) is 5.69 Å². The van der Waals surface area contributed by atoms with Crippen molar-refractivity contribution in [1.82, 2.24) is 14.8 Å². The second kappa shape index (κ2) is 3.89. The Balaban J connectivity index is 2.54. The maximum absolute atomic E-state index is 10.8. The molecule has 17 heavy (non-hydrogen) atoms. The standard InChI is InChI=1S/C11H12N4O2/c1-6-3-7(2)15(14-6)10-9(12)4-8(5-13-10)11(16)17/h3-5H,12H2,1-2H3,(H,16,17). The Morgan fingerprint density at radius 3 is 2.59 bits per heavy atom. The number of aromatic carboxylic acids is 1. The maximum Gasteiger partial charge on any atom is 0.337 e. The van der Waals surface area contributed by atoms with Gasteiger partial charge in [-0.3, -0.25) is 0 Å². The van der Waals surface area contributed by atoms with E-state index in [-0.39, 0.29) is 11.3 Å². The lowest BCUT2D eigenvalue weighted by Crippen LogP contribution is -2.08. The molecular formula is C11H12N4O2. The number of carboxylic acids is 1. The number of nitrogens with two attached hydrogens (primary N) is 1. The number of pyridine rings is 1. The second-order valence-corrected chi connectivity index (χ2v) is 3.78. The van der Waals surface area contributed by atoms with Crippen LogP contribution in [0.25, 0.3) is 5.82 Å². The third-order valence-electron chi connectivity index (χ3n) is 2.35. The van der Waals surface area contributed by atoms with Crippen molar-refractivity contribution < 1.29 is 9.90 Å². The molecule has 0 atom stereocenters. The first-order valence-electron chi connectivity index (χ1n) is 5.01. The fourth-order valence-electron chi connectivity index (χ4n) is 1.61. The summed E-state index contributed by atoms with van der Waals surface area (Å²) < 4.78 is 1.59. The smallest absolute Gasteiger partial charge is 0.337 e. The van der Waals surface area contributed by atoms with Gasteiger partial charge < -0.3 is 10.8 Å². The summed E-state index contributed by atoms with van der Waals surface area (Å²) in [5, 5.41) is 13.1. The number of aromatic nitrogens is 3. The van der Waals surface area contributed by atoms with Gasteiger partial charge in [0.2, 0.25) is 0 Å². The molecule has 0 fully saturated rings. The van der Waals surface area contributed by atoms with Crippen molar-refractivity contribution in [1.29, 1.82) is 0 Å². The monoisotopic (exact) mass is 232 g/mol. The van der Waals surface area contributed by atoms with Gasteiger partial charge in [0.25, 0.3) is 0 Å². The van der Waals surface area contributed by atoms with E-state index in [1.165, 1.54) is 12.3 Å². The zero-order valence-electron chi connectivity index (χ0n) is 9.51. The van der Waals surface area contributed by atoms with E-state index in [0.29, 0.717) is 5.82 Å². The van der Waals surface area contributed by atoms with E-state index in [1.807, 2.05) is 19.9 Å². The highest BCUT2D eigenvalue weighted by molar-refractivity contribution is 5.88. The molecule has 6 nitrogen and oxygen atoms in total. The molecular weight excluding hydrogens is 220 g/mol. The lowest BCUT2D eigenvalue weighted by molar-refractivity contribution is 0.0696. The van der Waals surface area contributed by atoms with Crippen molar-refractivity contribution in [3.05, 3.63) is 35.3 Å². The van der Waals surface area contributed by atoms with Crippen LogP contribution in [0.15, 0.2) is 18.3 Å². The Hall–Kier alpha value is -2.37. The molecule has 0 saturated carbocycles. The largest absolute Gasteiger partial charge is 0.478 e. The fourth-order valence-corrected chi connectivity index (χ4v) is 1.61. The molecule has 0 aliphatic carbocycles. The SMILES string of the molecule is Cc1cc(C)n(-c2ncc(C(=O)O)cc2N)n1. The first-order valence-corrected chi connectivity index (χ1v) is 5.01. The highest BCUT2D eigenvalue weighted by Crippen LogP contribution is 2.17. The van der Waals surface area contributed by atoms with Crippen LogP contribution in [0.1, 0.15) is 21.7 Å². The summed E-state index contributed by atoms with van der Waals surface area (Å²) in [5.74, 6) is -0.607. The molecule has 3 N–H and O–H groups in total. The minimum Gasteiger partial charge on any atom is -0.478 e. The van der Waals surface area contributed by atoms with Gasteiger partial charge in [-0.1, -0.05) is 0 Å². The van der Waals surface area contributed by atoms with E-state index in [4.69, 9.17) is 10.8 Å². The third kappa shape index (κ3) is 1.96. The Labute approximate surface area is 97.7 Å². The Morgan fingerprint density at radius 2 is 2.12 bits per heavy atom. The zero-order valence-corrected chi connectivity index (χ0v) is 9.51. The van der Waals surface area contributed by atoms with E-state index in [0.717, 1.165) is 11.4 Å². The van der Waals surface area contributed by atoms with E-state index in [9.17, 15) is 4.79 Å². The number of hydrogen-bond acceptors (Lipinski definition) is 4. The van der Waals surface area contributed by atoms with Gasteiger partial charge in [-0.25, -0.2) is 14.5 Å². The number of nitrogens with zero attached hydrogens (tertiary/aromatic N) is 3. The van der Waals surface area contributed by atoms with Gasteiger partial charge in [0, 0.05) is 11.9 Å². The minimum atomic E-state index is -1.05. The molecule has 0 aliphatic heterocycles. The lowest BCUT2D eigenvalue weighted by Gasteiger charge is -2.07. The van der Waals surface area contributed by atoms with Gasteiger partial charge in [0.15, 0.2) is 5.82 Å².